The molecule has 1 saturated heterocycles. The van der Waals surface area contributed by atoms with Crippen LogP contribution in [0.15, 0.2) is 36.4 Å². The zero-order valence-corrected chi connectivity index (χ0v) is 17.9. The molecule has 0 aliphatic carbocycles. The van der Waals surface area contributed by atoms with Gasteiger partial charge in [0.1, 0.15) is 11.6 Å². The first-order chi connectivity index (χ1) is 14.5. The second-order valence-electron chi connectivity index (χ2n) is 7.71. The third-order valence-electron chi connectivity index (χ3n) is 5.53. The van der Waals surface area contributed by atoms with Crippen LogP contribution in [-0.2, 0) is 6.54 Å². The van der Waals surface area contributed by atoms with Crippen LogP contribution in [0.5, 0.6) is 0 Å². The van der Waals surface area contributed by atoms with E-state index in [0.717, 1.165) is 36.2 Å². The fraction of sp³-hybridized carbons (Fsp3) is 0.333. The minimum Gasteiger partial charge on any atom is -0.352 e. The molecule has 5 rings (SSSR count). The first kappa shape index (κ1) is 19.1. The Labute approximate surface area is 177 Å². The molecule has 0 N–H and O–H groups in total. The van der Waals surface area contributed by atoms with Gasteiger partial charge in [-0.25, -0.2) is 9.37 Å². The topological polar surface area (TPSA) is 62.5 Å². The highest BCUT2D eigenvalue weighted by Crippen LogP contribution is 2.26. The minimum absolute atomic E-state index is 0.305. The fourth-order valence-electron chi connectivity index (χ4n) is 3.75. The van der Waals surface area contributed by atoms with Gasteiger partial charge in [0.05, 0.1) is 10.7 Å². The number of hydrogen-bond acceptors (Lipinski definition) is 7. The summed E-state index contributed by atoms with van der Waals surface area (Å²) in [4.78, 5) is 10.5. The normalized spacial score (nSPS) is 14.6. The SMILES string of the molecule is Cc1nc(C)c(CN(C)C2CN(c3ccc4nnc(-c5cccc(F)c5)n4n3)C2)s1. The molecule has 1 aliphatic rings. The van der Waals surface area contributed by atoms with Crippen molar-refractivity contribution in [1.29, 1.82) is 0 Å². The van der Waals surface area contributed by atoms with E-state index < -0.39 is 0 Å². The molecule has 0 spiro atoms. The highest BCUT2D eigenvalue weighted by atomic mass is 32.1. The summed E-state index contributed by atoms with van der Waals surface area (Å²) in [6, 6.07) is 10.7. The number of aromatic nitrogens is 5. The molecule has 7 nitrogen and oxygen atoms in total. The number of benzene rings is 1. The summed E-state index contributed by atoms with van der Waals surface area (Å²) < 4.78 is 15.3. The van der Waals surface area contributed by atoms with Gasteiger partial charge in [-0.1, -0.05) is 12.1 Å². The Morgan fingerprint density at radius 3 is 2.73 bits per heavy atom. The van der Waals surface area contributed by atoms with Crippen LogP contribution in [0, 0.1) is 19.7 Å². The van der Waals surface area contributed by atoms with Crippen LogP contribution < -0.4 is 4.90 Å². The summed E-state index contributed by atoms with van der Waals surface area (Å²) in [5.41, 5.74) is 2.43. The van der Waals surface area contributed by atoms with Crippen molar-refractivity contribution in [2.45, 2.75) is 26.4 Å². The van der Waals surface area contributed by atoms with E-state index in [1.807, 2.05) is 18.2 Å². The van der Waals surface area contributed by atoms with Gasteiger partial charge in [0.15, 0.2) is 11.5 Å². The van der Waals surface area contributed by atoms with Crippen molar-refractivity contribution in [3.63, 3.8) is 0 Å². The Balaban J connectivity index is 1.32. The highest BCUT2D eigenvalue weighted by Gasteiger charge is 2.31. The molecule has 0 atom stereocenters. The van der Waals surface area contributed by atoms with Crippen molar-refractivity contribution >= 4 is 22.8 Å². The van der Waals surface area contributed by atoms with Crippen molar-refractivity contribution in [2.75, 3.05) is 25.0 Å². The Hall–Kier alpha value is -2.91. The van der Waals surface area contributed by atoms with E-state index in [1.165, 1.54) is 17.0 Å². The Morgan fingerprint density at radius 2 is 2.00 bits per heavy atom. The molecule has 1 fully saturated rings. The minimum atomic E-state index is -0.305. The molecule has 4 heterocycles. The van der Waals surface area contributed by atoms with E-state index in [-0.39, 0.29) is 5.82 Å². The number of aryl methyl sites for hydroxylation is 2. The van der Waals surface area contributed by atoms with Gasteiger partial charge in [-0.15, -0.1) is 26.6 Å². The number of fused-ring (bicyclic) bond motifs is 1. The average molecular weight is 424 g/mol. The van der Waals surface area contributed by atoms with Crippen molar-refractivity contribution in [3.8, 4) is 11.4 Å². The lowest BCUT2D eigenvalue weighted by Gasteiger charge is -2.44. The zero-order chi connectivity index (χ0) is 20.8. The molecule has 4 aromatic rings. The number of anilines is 1. The van der Waals surface area contributed by atoms with Crippen molar-refractivity contribution in [2.24, 2.45) is 0 Å². The molecule has 30 heavy (non-hydrogen) atoms. The summed E-state index contributed by atoms with van der Waals surface area (Å²) >= 11 is 1.77. The molecule has 0 bridgehead atoms. The molecular formula is C21H22FN7S. The smallest absolute Gasteiger partial charge is 0.185 e. The second-order valence-corrected chi connectivity index (χ2v) is 9.00. The summed E-state index contributed by atoms with van der Waals surface area (Å²) in [5.74, 6) is 1.10. The molecular weight excluding hydrogens is 401 g/mol. The third kappa shape index (κ3) is 3.44. The van der Waals surface area contributed by atoms with Crippen LogP contribution in [0.1, 0.15) is 15.6 Å². The van der Waals surface area contributed by atoms with Crippen LogP contribution >= 0.6 is 11.3 Å². The average Bonchev–Trinajstić information content (AvgIpc) is 3.23. The number of nitrogens with zero attached hydrogens (tertiary/aromatic N) is 7. The second kappa shape index (κ2) is 7.41. The van der Waals surface area contributed by atoms with Crippen molar-refractivity contribution in [3.05, 3.63) is 57.8 Å². The molecule has 3 aromatic heterocycles. The van der Waals surface area contributed by atoms with Crippen LogP contribution in [0.4, 0.5) is 10.2 Å². The van der Waals surface area contributed by atoms with E-state index in [4.69, 9.17) is 5.10 Å². The predicted octanol–water partition coefficient (Wildman–Crippen LogP) is 3.32. The summed E-state index contributed by atoms with van der Waals surface area (Å²) in [5, 5.41) is 14.2. The molecule has 0 amide bonds. The quantitative estimate of drug-likeness (QED) is 0.491. The van der Waals surface area contributed by atoms with Gasteiger partial charge in [0, 0.05) is 36.1 Å². The van der Waals surface area contributed by atoms with Gasteiger partial charge >= 0.3 is 0 Å². The van der Waals surface area contributed by atoms with Crippen LogP contribution in [0.2, 0.25) is 0 Å². The van der Waals surface area contributed by atoms with Gasteiger partial charge < -0.3 is 4.90 Å². The molecule has 0 radical (unpaired) electrons. The van der Waals surface area contributed by atoms with E-state index in [0.29, 0.717) is 23.1 Å². The molecule has 9 heteroatoms. The molecule has 0 unspecified atom stereocenters. The lowest BCUT2D eigenvalue weighted by Crippen LogP contribution is -2.58. The maximum atomic E-state index is 13.6. The Morgan fingerprint density at radius 1 is 1.17 bits per heavy atom. The van der Waals surface area contributed by atoms with Gasteiger partial charge in [-0.3, -0.25) is 4.90 Å². The first-order valence-corrected chi connectivity index (χ1v) is 10.7. The maximum Gasteiger partial charge on any atom is 0.185 e. The lowest BCUT2D eigenvalue weighted by atomic mass is 10.1. The first-order valence-electron chi connectivity index (χ1n) is 9.84. The number of likely N-dealkylation sites (N-methyl/N-ethyl adjacent to an activating group) is 1. The lowest BCUT2D eigenvalue weighted by molar-refractivity contribution is 0.197. The largest absolute Gasteiger partial charge is 0.352 e. The summed E-state index contributed by atoms with van der Waals surface area (Å²) in [6.45, 7) is 6.86. The summed E-state index contributed by atoms with van der Waals surface area (Å²) in [7, 11) is 2.16. The van der Waals surface area contributed by atoms with Crippen LogP contribution in [0.3, 0.4) is 0 Å². The van der Waals surface area contributed by atoms with E-state index in [2.05, 4.69) is 45.9 Å². The van der Waals surface area contributed by atoms with Gasteiger partial charge in [-0.05, 0) is 45.2 Å². The number of thiazole rings is 1. The number of hydrogen-bond donors (Lipinski definition) is 0. The Bertz CT molecular complexity index is 1210. The molecule has 1 aromatic carbocycles. The monoisotopic (exact) mass is 423 g/mol. The van der Waals surface area contributed by atoms with E-state index in [9.17, 15) is 4.39 Å². The van der Waals surface area contributed by atoms with Gasteiger partial charge in [-0.2, -0.15) is 4.52 Å². The van der Waals surface area contributed by atoms with E-state index in [1.54, 1.807) is 21.9 Å². The number of halogens is 1. The molecule has 1 aliphatic heterocycles. The third-order valence-corrected chi connectivity index (χ3v) is 6.59. The van der Waals surface area contributed by atoms with Gasteiger partial charge in [0.2, 0.25) is 0 Å². The van der Waals surface area contributed by atoms with Gasteiger partial charge in [0.25, 0.3) is 0 Å². The summed E-state index contributed by atoms with van der Waals surface area (Å²) in [6.07, 6.45) is 0. The van der Waals surface area contributed by atoms with Crippen LogP contribution in [-0.4, -0.2) is 55.9 Å². The number of rotatable bonds is 5. The Kier molecular flexibility index (Phi) is 4.71. The van der Waals surface area contributed by atoms with E-state index >= 15 is 0 Å². The predicted molar refractivity (Wildman–Crippen MR) is 115 cm³/mol. The standard InChI is InChI=1S/C21H22FN7S/c1-13-18(30-14(2)23-13)12-27(3)17-10-28(11-17)20-8-7-19-24-25-21(29(19)26-20)15-5-4-6-16(22)9-15/h4-9,17H,10-12H2,1-3H3. The molecule has 154 valence electrons. The highest BCUT2D eigenvalue weighted by molar-refractivity contribution is 7.11. The van der Waals surface area contributed by atoms with Crippen molar-refractivity contribution < 1.29 is 4.39 Å². The maximum absolute atomic E-state index is 13.6. The zero-order valence-electron chi connectivity index (χ0n) is 17.1. The van der Waals surface area contributed by atoms with Crippen LogP contribution in [0.25, 0.3) is 17.0 Å². The van der Waals surface area contributed by atoms with Crippen molar-refractivity contribution in [1.82, 2.24) is 29.7 Å². The molecule has 0 saturated carbocycles. The fourth-order valence-corrected chi connectivity index (χ4v) is 4.75.